The summed E-state index contributed by atoms with van der Waals surface area (Å²) in [5.74, 6) is 1.54. The summed E-state index contributed by atoms with van der Waals surface area (Å²) in [7, 11) is 0. The van der Waals surface area contributed by atoms with Crippen LogP contribution in [0.5, 0.6) is 0 Å². The van der Waals surface area contributed by atoms with E-state index in [-0.39, 0.29) is 36.8 Å². The molecule has 6 nitrogen and oxygen atoms in total. The Morgan fingerprint density at radius 3 is 2.48 bits per heavy atom. The van der Waals surface area contributed by atoms with Gasteiger partial charge in [-0.05, 0) is 18.8 Å². The molecule has 1 aromatic rings. The molecule has 2 heterocycles. The van der Waals surface area contributed by atoms with Gasteiger partial charge in [-0.1, -0.05) is 6.42 Å². The third-order valence-corrected chi connectivity index (χ3v) is 4.66. The minimum absolute atomic E-state index is 0. The molecule has 1 aliphatic carbocycles. The zero-order chi connectivity index (χ0) is 14.7. The Hall–Kier alpha value is -1.11. The fraction of sp³-hybridized carbons (Fsp3) is 0.667. The molecule has 1 saturated heterocycles. The molecular weight excluding hydrogens is 337 g/mol. The summed E-state index contributed by atoms with van der Waals surface area (Å²) in [6, 6.07) is 0.217. The minimum atomic E-state index is 0. The Morgan fingerprint density at radius 1 is 1.17 bits per heavy atom. The third kappa shape index (κ3) is 4.93. The lowest BCUT2D eigenvalue weighted by atomic mass is 9.99. The van der Waals surface area contributed by atoms with Gasteiger partial charge in [-0.3, -0.25) is 9.78 Å². The van der Waals surface area contributed by atoms with Gasteiger partial charge >= 0.3 is 0 Å². The summed E-state index contributed by atoms with van der Waals surface area (Å²) in [6.07, 6.45) is 9.11. The van der Waals surface area contributed by atoms with Gasteiger partial charge in [-0.15, -0.1) is 24.8 Å². The molecule has 0 aromatic carbocycles. The molecule has 8 heteroatoms. The summed E-state index contributed by atoms with van der Waals surface area (Å²) < 4.78 is 0. The first-order valence-electron chi connectivity index (χ1n) is 7.78. The van der Waals surface area contributed by atoms with Crippen LogP contribution < -0.4 is 10.6 Å². The van der Waals surface area contributed by atoms with Crippen LogP contribution in [0.3, 0.4) is 0 Å². The fourth-order valence-corrected chi connectivity index (χ4v) is 3.31. The van der Waals surface area contributed by atoms with Crippen molar-refractivity contribution in [2.24, 2.45) is 11.7 Å². The number of rotatable bonds is 3. The van der Waals surface area contributed by atoms with Gasteiger partial charge in [0.25, 0.3) is 0 Å². The monoisotopic (exact) mass is 361 g/mol. The molecule has 2 fully saturated rings. The average Bonchev–Trinajstić information content (AvgIpc) is 2.93. The number of piperazine rings is 1. The summed E-state index contributed by atoms with van der Waals surface area (Å²) in [4.78, 5) is 24.9. The van der Waals surface area contributed by atoms with Gasteiger partial charge in [-0.25, -0.2) is 4.98 Å². The van der Waals surface area contributed by atoms with Crippen LogP contribution in [0.4, 0.5) is 5.82 Å². The van der Waals surface area contributed by atoms with E-state index in [1.165, 1.54) is 6.42 Å². The summed E-state index contributed by atoms with van der Waals surface area (Å²) in [5, 5.41) is 0. The molecule has 2 atom stereocenters. The van der Waals surface area contributed by atoms with Gasteiger partial charge in [0.2, 0.25) is 5.91 Å². The standard InChI is InChI=1S/C15H23N5O.2ClH/c16-13-3-1-2-12(13)10-15(21)20-8-6-19(7-9-20)14-11-17-4-5-18-14;;/h4-5,11-13H,1-3,6-10,16H2;2*1H/t12-,13+;;/m0../s1. The molecule has 0 spiro atoms. The van der Waals surface area contributed by atoms with Gasteiger partial charge in [0, 0.05) is 51.0 Å². The predicted molar refractivity (Wildman–Crippen MR) is 95.3 cm³/mol. The topological polar surface area (TPSA) is 75.4 Å². The van der Waals surface area contributed by atoms with Gasteiger partial charge in [0.1, 0.15) is 5.82 Å². The van der Waals surface area contributed by atoms with E-state index in [9.17, 15) is 4.79 Å². The number of amides is 1. The van der Waals surface area contributed by atoms with Crippen LogP contribution in [0, 0.1) is 5.92 Å². The van der Waals surface area contributed by atoms with Crippen molar-refractivity contribution in [1.82, 2.24) is 14.9 Å². The van der Waals surface area contributed by atoms with E-state index in [0.717, 1.165) is 44.8 Å². The summed E-state index contributed by atoms with van der Waals surface area (Å²) in [5.41, 5.74) is 6.06. The Balaban J connectivity index is 0.00000132. The predicted octanol–water partition coefficient (Wildman–Crippen LogP) is 1.49. The van der Waals surface area contributed by atoms with Crippen LogP contribution in [0.15, 0.2) is 18.6 Å². The van der Waals surface area contributed by atoms with Crippen molar-refractivity contribution >= 4 is 36.5 Å². The van der Waals surface area contributed by atoms with Crippen LogP contribution >= 0.6 is 24.8 Å². The van der Waals surface area contributed by atoms with E-state index in [0.29, 0.717) is 12.3 Å². The number of halogens is 2. The lowest BCUT2D eigenvalue weighted by Crippen LogP contribution is -2.49. The van der Waals surface area contributed by atoms with Crippen LogP contribution in [0.25, 0.3) is 0 Å². The Labute approximate surface area is 149 Å². The normalized spacial score (nSPS) is 23.9. The zero-order valence-corrected chi connectivity index (χ0v) is 14.8. The highest BCUT2D eigenvalue weighted by molar-refractivity contribution is 5.85. The molecule has 1 saturated carbocycles. The summed E-state index contributed by atoms with van der Waals surface area (Å²) >= 11 is 0. The van der Waals surface area contributed by atoms with Gasteiger partial charge < -0.3 is 15.5 Å². The van der Waals surface area contributed by atoms with Crippen molar-refractivity contribution in [3.63, 3.8) is 0 Å². The number of nitrogens with two attached hydrogens (primary N) is 1. The van der Waals surface area contributed by atoms with Crippen molar-refractivity contribution in [2.75, 3.05) is 31.1 Å². The number of carbonyl (C=O) groups is 1. The van der Waals surface area contributed by atoms with E-state index in [4.69, 9.17) is 5.73 Å². The molecule has 1 amide bonds. The lowest BCUT2D eigenvalue weighted by Gasteiger charge is -2.35. The third-order valence-electron chi connectivity index (χ3n) is 4.66. The number of hydrogen-bond donors (Lipinski definition) is 1. The molecule has 1 aromatic heterocycles. The maximum absolute atomic E-state index is 12.4. The number of hydrogen-bond acceptors (Lipinski definition) is 5. The van der Waals surface area contributed by atoms with E-state index in [1.54, 1.807) is 18.6 Å². The van der Waals surface area contributed by atoms with Crippen molar-refractivity contribution in [3.05, 3.63) is 18.6 Å². The first-order valence-corrected chi connectivity index (χ1v) is 7.78. The quantitative estimate of drug-likeness (QED) is 0.882. The number of nitrogens with zero attached hydrogens (tertiary/aromatic N) is 4. The Bertz CT molecular complexity index is 482. The first kappa shape index (κ1) is 19.9. The highest BCUT2D eigenvalue weighted by Gasteiger charge is 2.29. The SMILES string of the molecule is Cl.Cl.N[C@@H]1CCC[C@H]1CC(=O)N1CCN(c2cnccn2)CC1. The second kappa shape index (κ2) is 9.25. The smallest absolute Gasteiger partial charge is 0.223 e. The van der Waals surface area contributed by atoms with Crippen LogP contribution in [0.1, 0.15) is 25.7 Å². The van der Waals surface area contributed by atoms with Crippen molar-refractivity contribution in [2.45, 2.75) is 31.7 Å². The average molecular weight is 362 g/mol. The van der Waals surface area contributed by atoms with E-state index in [2.05, 4.69) is 14.9 Å². The molecule has 2 aliphatic rings. The van der Waals surface area contributed by atoms with Crippen LogP contribution in [-0.2, 0) is 4.79 Å². The van der Waals surface area contributed by atoms with Gasteiger partial charge in [0.15, 0.2) is 0 Å². The maximum atomic E-state index is 12.4. The van der Waals surface area contributed by atoms with E-state index < -0.39 is 0 Å². The molecule has 23 heavy (non-hydrogen) atoms. The summed E-state index contributed by atoms with van der Waals surface area (Å²) in [6.45, 7) is 3.16. The maximum Gasteiger partial charge on any atom is 0.223 e. The molecule has 1 aliphatic heterocycles. The second-order valence-corrected chi connectivity index (χ2v) is 5.99. The second-order valence-electron chi connectivity index (χ2n) is 5.99. The molecule has 0 unspecified atom stereocenters. The van der Waals surface area contributed by atoms with E-state index in [1.807, 2.05) is 4.90 Å². The van der Waals surface area contributed by atoms with Crippen molar-refractivity contribution in [3.8, 4) is 0 Å². The number of anilines is 1. The Kier molecular flexibility index (Phi) is 8.02. The minimum Gasteiger partial charge on any atom is -0.352 e. The fourth-order valence-electron chi connectivity index (χ4n) is 3.31. The van der Waals surface area contributed by atoms with Crippen LogP contribution in [-0.4, -0.2) is 53.0 Å². The molecule has 0 bridgehead atoms. The molecule has 2 N–H and O–H groups in total. The Morgan fingerprint density at radius 2 is 1.91 bits per heavy atom. The zero-order valence-electron chi connectivity index (χ0n) is 13.1. The highest BCUT2D eigenvalue weighted by Crippen LogP contribution is 2.27. The van der Waals surface area contributed by atoms with Gasteiger partial charge in [-0.2, -0.15) is 0 Å². The lowest BCUT2D eigenvalue weighted by molar-refractivity contribution is -0.132. The number of aromatic nitrogens is 2. The molecule has 0 radical (unpaired) electrons. The highest BCUT2D eigenvalue weighted by atomic mass is 35.5. The first-order chi connectivity index (χ1) is 10.2. The van der Waals surface area contributed by atoms with Crippen molar-refractivity contribution in [1.29, 1.82) is 0 Å². The van der Waals surface area contributed by atoms with Crippen molar-refractivity contribution < 1.29 is 4.79 Å². The number of carbonyl (C=O) groups excluding carboxylic acids is 1. The van der Waals surface area contributed by atoms with Crippen LogP contribution in [0.2, 0.25) is 0 Å². The molecule has 130 valence electrons. The molecular formula is C15H25Cl2N5O. The van der Waals surface area contributed by atoms with E-state index >= 15 is 0 Å². The largest absolute Gasteiger partial charge is 0.352 e. The van der Waals surface area contributed by atoms with Gasteiger partial charge in [0.05, 0.1) is 6.20 Å². The molecule has 3 rings (SSSR count).